The molecule has 1 aromatic heterocycles. The van der Waals surface area contributed by atoms with Gasteiger partial charge in [-0.05, 0) is 12.1 Å². The molecule has 0 unspecified atom stereocenters. The molecule has 0 saturated heterocycles. The quantitative estimate of drug-likeness (QED) is 0.574. The molecule has 0 bridgehead atoms. The molecule has 0 saturated carbocycles. The maximum Gasteiger partial charge on any atom is 0.150 e. The van der Waals surface area contributed by atoms with Crippen molar-refractivity contribution < 1.29 is 4.39 Å². The molecule has 0 amide bonds. The molecule has 74 valence electrons. The molecule has 0 aliphatic carbocycles. The van der Waals surface area contributed by atoms with Crippen molar-refractivity contribution in [2.75, 3.05) is 6.67 Å². The lowest BCUT2D eigenvalue weighted by molar-refractivity contribution is 0.568. The molecule has 2 heteroatoms. The van der Waals surface area contributed by atoms with E-state index in [-0.39, 0.29) is 5.41 Å². The van der Waals surface area contributed by atoms with Crippen molar-refractivity contribution in [2.45, 2.75) is 26.2 Å². The van der Waals surface area contributed by atoms with Crippen LogP contribution in [0, 0.1) is 11.8 Å². The Bertz CT molecular complexity index is 349. The fourth-order valence-corrected chi connectivity index (χ4v) is 1.05. The summed E-state index contributed by atoms with van der Waals surface area (Å²) in [6, 6.07) is 3.80. The Morgan fingerprint density at radius 3 is 2.50 bits per heavy atom. The highest BCUT2D eigenvalue weighted by molar-refractivity contribution is 5.33. The third-order valence-corrected chi connectivity index (χ3v) is 1.83. The molecule has 1 rings (SSSR count). The molecule has 0 N–H and O–H groups in total. The van der Waals surface area contributed by atoms with Gasteiger partial charge in [0.2, 0.25) is 0 Å². The van der Waals surface area contributed by atoms with E-state index >= 15 is 0 Å². The number of hydrogen-bond donors (Lipinski definition) is 0. The van der Waals surface area contributed by atoms with E-state index in [1.165, 1.54) is 0 Å². The Morgan fingerprint density at radius 2 is 2.07 bits per heavy atom. The summed E-state index contributed by atoms with van der Waals surface area (Å²) in [5, 5.41) is 0. The van der Waals surface area contributed by atoms with Gasteiger partial charge < -0.3 is 0 Å². The van der Waals surface area contributed by atoms with Crippen molar-refractivity contribution in [2.24, 2.45) is 0 Å². The van der Waals surface area contributed by atoms with E-state index in [0.29, 0.717) is 0 Å². The van der Waals surface area contributed by atoms with E-state index in [4.69, 9.17) is 0 Å². The van der Waals surface area contributed by atoms with Gasteiger partial charge in [-0.25, -0.2) is 4.39 Å². The highest BCUT2D eigenvalue weighted by Crippen LogP contribution is 2.19. The van der Waals surface area contributed by atoms with E-state index in [0.717, 1.165) is 11.3 Å². The lowest BCUT2D eigenvalue weighted by Gasteiger charge is -2.16. The Hall–Kier alpha value is -1.36. The van der Waals surface area contributed by atoms with Gasteiger partial charge in [-0.2, -0.15) is 0 Å². The van der Waals surface area contributed by atoms with Crippen molar-refractivity contribution in [3.63, 3.8) is 0 Å². The summed E-state index contributed by atoms with van der Waals surface area (Å²) in [5.41, 5.74) is 1.82. The van der Waals surface area contributed by atoms with Gasteiger partial charge in [0.1, 0.15) is 0 Å². The third-order valence-electron chi connectivity index (χ3n) is 1.83. The zero-order valence-corrected chi connectivity index (χ0v) is 8.76. The molecule has 14 heavy (non-hydrogen) atoms. The van der Waals surface area contributed by atoms with Crippen LogP contribution in [0.1, 0.15) is 32.0 Å². The highest BCUT2D eigenvalue weighted by atomic mass is 19.1. The van der Waals surface area contributed by atoms with Crippen LogP contribution in [0.3, 0.4) is 0 Å². The van der Waals surface area contributed by atoms with E-state index < -0.39 is 6.67 Å². The zero-order chi connectivity index (χ0) is 10.6. The number of halogens is 1. The van der Waals surface area contributed by atoms with Gasteiger partial charge in [-0.15, -0.1) is 0 Å². The number of pyridine rings is 1. The Morgan fingerprint density at radius 1 is 1.36 bits per heavy atom. The first-order valence-corrected chi connectivity index (χ1v) is 4.55. The normalized spacial score (nSPS) is 10.6. The molecule has 0 aromatic carbocycles. The lowest BCUT2D eigenvalue weighted by Crippen LogP contribution is -2.12. The molecule has 1 aromatic rings. The minimum atomic E-state index is -0.610. The molecule has 1 heterocycles. The molecule has 0 aliphatic heterocycles. The second-order valence-electron chi connectivity index (χ2n) is 4.12. The highest BCUT2D eigenvalue weighted by Gasteiger charge is 2.14. The van der Waals surface area contributed by atoms with Crippen molar-refractivity contribution in [3.05, 3.63) is 29.6 Å². The van der Waals surface area contributed by atoms with Crippen molar-refractivity contribution >= 4 is 0 Å². The van der Waals surface area contributed by atoms with Gasteiger partial charge >= 0.3 is 0 Å². The average molecular weight is 191 g/mol. The van der Waals surface area contributed by atoms with E-state index in [1.54, 1.807) is 6.20 Å². The minimum Gasteiger partial charge on any atom is -0.259 e. The molecule has 0 fully saturated rings. The Balaban J connectivity index is 2.89. The van der Waals surface area contributed by atoms with E-state index in [9.17, 15) is 4.39 Å². The van der Waals surface area contributed by atoms with Crippen LogP contribution in [0.5, 0.6) is 0 Å². The van der Waals surface area contributed by atoms with Gasteiger partial charge in [0, 0.05) is 22.9 Å². The maximum atomic E-state index is 11.8. The standard InChI is InChI=1S/C12H14FN/c1-12(2,3)11-7-6-10(9-14-11)5-4-8-13/h6-7,9H,8H2,1-3H3. The molecule has 0 aliphatic rings. The van der Waals surface area contributed by atoms with Crippen LogP contribution in [0.2, 0.25) is 0 Å². The van der Waals surface area contributed by atoms with Crippen LogP contribution in [0.15, 0.2) is 18.3 Å². The summed E-state index contributed by atoms with van der Waals surface area (Å²) in [5.74, 6) is 5.05. The fraction of sp³-hybridized carbons (Fsp3) is 0.417. The molecular weight excluding hydrogens is 177 g/mol. The molecule has 0 spiro atoms. The minimum absolute atomic E-state index is 0.0477. The molecule has 0 atom stereocenters. The molecule has 0 radical (unpaired) electrons. The van der Waals surface area contributed by atoms with Crippen LogP contribution in [-0.4, -0.2) is 11.7 Å². The zero-order valence-electron chi connectivity index (χ0n) is 8.76. The number of alkyl halides is 1. The predicted octanol–water partition coefficient (Wildman–Crippen LogP) is 2.70. The molecule has 1 nitrogen and oxygen atoms in total. The summed E-state index contributed by atoms with van der Waals surface area (Å²) >= 11 is 0. The van der Waals surface area contributed by atoms with Crippen molar-refractivity contribution in [1.82, 2.24) is 4.98 Å². The van der Waals surface area contributed by atoms with Crippen molar-refractivity contribution in [1.29, 1.82) is 0 Å². The topological polar surface area (TPSA) is 12.9 Å². The summed E-state index contributed by atoms with van der Waals surface area (Å²) in [7, 11) is 0. The fourth-order valence-electron chi connectivity index (χ4n) is 1.05. The van der Waals surface area contributed by atoms with Crippen LogP contribution in [0.4, 0.5) is 4.39 Å². The number of nitrogens with zero attached hydrogens (tertiary/aromatic N) is 1. The monoisotopic (exact) mass is 191 g/mol. The summed E-state index contributed by atoms with van der Waals surface area (Å²) in [6.45, 7) is 5.69. The number of hydrogen-bond acceptors (Lipinski definition) is 1. The van der Waals surface area contributed by atoms with Gasteiger partial charge in [0.05, 0.1) is 0 Å². The van der Waals surface area contributed by atoms with Crippen LogP contribution in [0.25, 0.3) is 0 Å². The largest absolute Gasteiger partial charge is 0.259 e. The Kier molecular flexibility index (Phi) is 3.24. The third kappa shape index (κ3) is 2.85. The Labute approximate surface area is 84.4 Å². The summed E-state index contributed by atoms with van der Waals surface area (Å²) in [4.78, 5) is 4.28. The second-order valence-corrected chi connectivity index (χ2v) is 4.12. The van der Waals surface area contributed by atoms with Gasteiger partial charge in [0.25, 0.3) is 0 Å². The van der Waals surface area contributed by atoms with Crippen LogP contribution < -0.4 is 0 Å². The van der Waals surface area contributed by atoms with Gasteiger partial charge in [-0.3, -0.25) is 4.98 Å². The van der Waals surface area contributed by atoms with Crippen LogP contribution >= 0.6 is 0 Å². The lowest BCUT2D eigenvalue weighted by atomic mass is 9.91. The number of rotatable bonds is 0. The van der Waals surface area contributed by atoms with E-state index in [1.807, 2.05) is 12.1 Å². The second kappa shape index (κ2) is 4.23. The SMILES string of the molecule is CC(C)(C)c1ccc(C#CCF)cn1. The summed E-state index contributed by atoms with van der Waals surface area (Å²) in [6.07, 6.45) is 1.68. The average Bonchev–Trinajstić information content (AvgIpc) is 2.14. The molecular formula is C12H14FN. The van der Waals surface area contributed by atoms with Crippen molar-refractivity contribution in [3.8, 4) is 11.8 Å². The van der Waals surface area contributed by atoms with E-state index in [2.05, 4.69) is 37.6 Å². The van der Waals surface area contributed by atoms with Crippen LogP contribution in [-0.2, 0) is 5.41 Å². The van der Waals surface area contributed by atoms with Gasteiger partial charge in [-0.1, -0.05) is 32.6 Å². The first-order chi connectivity index (χ1) is 6.54. The first-order valence-electron chi connectivity index (χ1n) is 4.55. The first kappa shape index (κ1) is 10.7. The number of aromatic nitrogens is 1. The predicted molar refractivity (Wildman–Crippen MR) is 55.8 cm³/mol. The van der Waals surface area contributed by atoms with Gasteiger partial charge in [0.15, 0.2) is 6.67 Å². The maximum absolute atomic E-state index is 11.8. The summed E-state index contributed by atoms with van der Waals surface area (Å²) < 4.78 is 11.8. The smallest absolute Gasteiger partial charge is 0.150 e.